The number of hydrogen-bond donors (Lipinski definition) is 1. The van der Waals surface area contributed by atoms with E-state index in [2.05, 4.69) is 11.2 Å². The molecule has 2 rings (SSSR count). The van der Waals surface area contributed by atoms with Gasteiger partial charge in [-0.15, -0.1) is 6.42 Å². The van der Waals surface area contributed by atoms with Crippen molar-refractivity contribution in [1.29, 1.82) is 0 Å². The molecule has 0 spiro atoms. The van der Waals surface area contributed by atoms with Crippen LogP contribution in [0.4, 0.5) is 0 Å². The molecule has 1 aromatic rings. The Morgan fingerprint density at radius 3 is 2.83 bits per heavy atom. The molecule has 4 heteroatoms. The molecule has 1 aromatic carbocycles. The first-order valence-electron chi connectivity index (χ1n) is 5.80. The highest BCUT2D eigenvalue weighted by Gasteiger charge is 2.28. The van der Waals surface area contributed by atoms with Crippen LogP contribution in [0.2, 0.25) is 10.0 Å². The van der Waals surface area contributed by atoms with Crippen LogP contribution >= 0.6 is 23.2 Å². The van der Waals surface area contributed by atoms with Gasteiger partial charge in [0, 0.05) is 23.0 Å². The maximum Gasteiger partial charge on any atom is 0.142 e. The highest BCUT2D eigenvalue weighted by atomic mass is 35.5. The average Bonchev–Trinajstić information content (AvgIpc) is 2.30. The Morgan fingerprint density at radius 1 is 1.44 bits per heavy atom. The summed E-state index contributed by atoms with van der Waals surface area (Å²) < 4.78 is 5.61. The fraction of sp³-hybridized carbons (Fsp3) is 0.429. The lowest BCUT2D eigenvalue weighted by Crippen LogP contribution is -2.42. The fourth-order valence-electron chi connectivity index (χ4n) is 2.05. The second-order valence-electron chi connectivity index (χ2n) is 4.91. The standard InChI is InChI=1S/C14H15Cl2NO/c1-4-14(2,3)17-12-5-6-18-13-10(12)7-9(15)8-11(13)16/h1,7-8,12,17H,5-6H2,2-3H3. The zero-order valence-corrected chi connectivity index (χ0v) is 11.9. The summed E-state index contributed by atoms with van der Waals surface area (Å²) in [5.41, 5.74) is 0.593. The molecule has 96 valence electrons. The van der Waals surface area contributed by atoms with E-state index >= 15 is 0 Å². The average molecular weight is 284 g/mol. The number of fused-ring (bicyclic) bond motifs is 1. The molecule has 2 nitrogen and oxygen atoms in total. The second kappa shape index (κ2) is 5.01. The number of terminal acetylenes is 1. The van der Waals surface area contributed by atoms with Gasteiger partial charge in [0.2, 0.25) is 0 Å². The predicted molar refractivity (Wildman–Crippen MR) is 75.4 cm³/mol. The third-order valence-electron chi connectivity index (χ3n) is 2.96. The van der Waals surface area contributed by atoms with Crippen LogP contribution in [-0.2, 0) is 0 Å². The van der Waals surface area contributed by atoms with Gasteiger partial charge in [-0.3, -0.25) is 5.32 Å². The van der Waals surface area contributed by atoms with Crippen LogP contribution in [0.3, 0.4) is 0 Å². The molecule has 0 bridgehead atoms. The van der Waals surface area contributed by atoms with Crippen molar-refractivity contribution in [3.63, 3.8) is 0 Å². The molecule has 1 aliphatic heterocycles. The minimum absolute atomic E-state index is 0.107. The first-order valence-corrected chi connectivity index (χ1v) is 6.56. The Morgan fingerprint density at radius 2 is 2.17 bits per heavy atom. The van der Waals surface area contributed by atoms with Gasteiger partial charge in [-0.2, -0.15) is 0 Å². The number of ether oxygens (including phenoxy) is 1. The highest BCUT2D eigenvalue weighted by Crippen LogP contribution is 2.40. The number of nitrogens with one attached hydrogen (secondary N) is 1. The van der Waals surface area contributed by atoms with Gasteiger partial charge >= 0.3 is 0 Å². The minimum atomic E-state index is -0.381. The van der Waals surface area contributed by atoms with Crippen molar-refractivity contribution in [2.24, 2.45) is 0 Å². The Balaban J connectivity index is 2.37. The van der Waals surface area contributed by atoms with Crippen LogP contribution in [0.5, 0.6) is 5.75 Å². The van der Waals surface area contributed by atoms with Crippen molar-refractivity contribution in [3.05, 3.63) is 27.7 Å². The van der Waals surface area contributed by atoms with E-state index in [1.54, 1.807) is 6.07 Å². The van der Waals surface area contributed by atoms with Gasteiger partial charge in [0.1, 0.15) is 5.75 Å². The van der Waals surface area contributed by atoms with Gasteiger partial charge in [-0.05, 0) is 26.0 Å². The van der Waals surface area contributed by atoms with Crippen molar-refractivity contribution < 1.29 is 4.74 Å². The lowest BCUT2D eigenvalue weighted by molar-refractivity contribution is 0.239. The fourth-order valence-corrected chi connectivity index (χ4v) is 2.62. The van der Waals surface area contributed by atoms with Gasteiger partial charge in [0.25, 0.3) is 0 Å². The van der Waals surface area contributed by atoms with Crippen LogP contribution < -0.4 is 10.1 Å². The van der Waals surface area contributed by atoms with E-state index in [4.69, 9.17) is 34.4 Å². The van der Waals surface area contributed by atoms with Crippen molar-refractivity contribution in [3.8, 4) is 18.1 Å². The summed E-state index contributed by atoms with van der Waals surface area (Å²) in [5, 5.41) is 4.57. The van der Waals surface area contributed by atoms with E-state index in [9.17, 15) is 0 Å². The topological polar surface area (TPSA) is 21.3 Å². The number of benzene rings is 1. The normalized spacial score (nSPS) is 18.7. The van der Waals surface area contributed by atoms with E-state index in [0.29, 0.717) is 22.4 Å². The van der Waals surface area contributed by atoms with Gasteiger partial charge < -0.3 is 4.74 Å². The molecule has 0 saturated carbocycles. The summed E-state index contributed by atoms with van der Waals surface area (Å²) in [6.45, 7) is 4.55. The van der Waals surface area contributed by atoms with Crippen molar-refractivity contribution in [2.45, 2.75) is 31.8 Å². The summed E-state index contributed by atoms with van der Waals surface area (Å²) in [5.74, 6) is 3.44. The number of halogens is 2. The molecule has 1 aliphatic rings. The summed E-state index contributed by atoms with van der Waals surface area (Å²) >= 11 is 12.2. The Kier molecular flexibility index (Phi) is 3.77. The zero-order chi connectivity index (χ0) is 13.3. The first-order chi connectivity index (χ1) is 8.43. The molecule has 0 amide bonds. The molecule has 0 saturated heterocycles. The Labute approximate surface area is 118 Å². The molecule has 0 radical (unpaired) electrons. The summed E-state index contributed by atoms with van der Waals surface area (Å²) in [4.78, 5) is 0. The number of rotatable bonds is 2. The third kappa shape index (κ3) is 2.75. The van der Waals surface area contributed by atoms with Crippen molar-refractivity contribution in [1.82, 2.24) is 5.32 Å². The molecule has 0 aliphatic carbocycles. The monoisotopic (exact) mass is 283 g/mol. The van der Waals surface area contributed by atoms with Crippen LogP contribution in [-0.4, -0.2) is 12.1 Å². The maximum atomic E-state index is 6.14. The summed E-state index contributed by atoms with van der Waals surface area (Å²) in [6, 6.07) is 3.68. The van der Waals surface area contributed by atoms with E-state index in [-0.39, 0.29) is 11.6 Å². The minimum Gasteiger partial charge on any atom is -0.492 e. The van der Waals surface area contributed by atoms with Gasteiger partial charge in [-0.25, -0.2) is 0 Å². The van der Waals surface area contributed by atoms with Crippen molar-refractivity contribution >= 4 is 23.2 Å². The van der Waals surface area contributed by atoms with E-state index in [1.807, 2.05) is 19.9 Å². The molecule has 1 unspecified atom stereocenters. The van der Waals surface area contributed by atoms with Gasteiger partial charge in [-0.1, -0.05) is 29.1 Å². The lowest BCUT2D eigenvalue weighted by Gasteiger charge is -2.32. The van der Waals surface area contributed by atoms with Crippen molar-refractivity contribution in [2.75, 3.05) is 6.61 Å². The largest absolute Gasteiger partial charge is 0.492 e. The van der Waals surface area contributed by atoms with Gasteiger partial charge in [0.15, 0.2) is 0 Å². The molecular formula is C14H15Cl2NO. The van der Waals surface area contributed by atoms with Crippen LogP contribution in [0.1, 0.15) is 31.9 Å². The molecule has 1 heterocycles. The molecule has 0 fully saturated rings. The smallest absolute Gasteiger partial charge is 0.142 e. The molecular weight excluding hydrogens is 269 g/mol. The Bertz CT molecular complexity index is 505. The molecule has 0 aromatic heterocycles. The third-order valence-corrected chi connectivity index (χ3v) is 3.46. The van der Waals surface area contributed by atoms with Crippen LogP contribution in [0.25, 0.3) is 0 Å². The summed E-state index contributed by atoms with van der Waals surface area (Å²) in [6.07, 6.45) is 6.35. The molecule has 18 heavy (non-hydrogen) atoms. The quantitative estimate of drug-likeness (QED) is 0.834. The first kappa shape index (κ1) is 13.5. The SMILES string of the molecule is C#CC(C)(C)NC1CCOc2c(Cl)cc(Cl)cc21. The maximum absolute atomic E-state index is 6.14. The highest BCUT2D eigenvalue weighted by molar-refractivity contribution is 6.35. The van der Waals surface area contributed by atoms with E-state index < -0.39 is 0 Å². The predicted octanol–water partition coefficient (Wildman–Crippen LogP) is 3.82. The van der Waals surface area contributed by atoms with E-state index in [1.165, 1.54) is 0 Å². The lowest BCUT2D eigenvalue weighted by atomic mass is 9.96. The van der Waals surface area contributed by atoms with Crippen LogP contribution in [0, 0.1) is 12.3 Å². The van der Waals surface area contributed by atoms with E-state index in [0.717, 1.165) is 12.0 Å². The molecule has 1 atom stereocenters. The molecule has 1 N–H and O–H groups in total. The van der Waals surface area contributed by atoms with Gasteiger partial charge in [0.05, 0.1) is 17.2 Å². The zero-order valence-electron chi connectivity index (χ0n) is 10.4. The second-order valence-corrected chi connectivity index (χ2v) is 5.75. The van der Waals surface area contributed by atoms with Crippen LogP contribution in [0.15, 0.2) is 12.1 Å². The Hall–Kier alpha value is -0.880. The summed E-state index contributed by atoms with van der Waals surface area (Å²) in [7, 11) is 0. The number of hydrogen-bond acceptors (Lipinski definition) is 2.